The zero-order valence-corrected chi connectivity index (χ0v) is 30.5. The van der Waals surface area contributed by atoms with E-state index in [1.807, 2.05) is 59.7 Å². The van der Waals surface area contributed by atoms with Crippen molar-refractivity contribution in [3.05, 3.63) is 35.9 Å². The van der Waals surface area contributed by atoms with Crippen LogP contribution in [-0.2, 0) is 35.3 Å². The summed E-state index contributed by atoms with van der Waals surface area (Å²) in [6, 6.07) is 6.28. The van der Waals surface area contributed by atoms with Crippen molar-refractivity contribution in [2.75, 3.05) is 6.61 Å². The van der Waals surface area contributed by atoms with Gasteiger partial charge < -0.3 is 42.2 Å². The standard InChI is InChI=1S/C35H58N6O8/c1-21(2)17-26(39-33(48)49-20-24-13-11-10-12-14-24)30(45)40-34(7,8)31(46)41-35(9,18-22(3)4)32(47)38-25(15-16-28(36)43)29(44)37-27(19-42)23(5)6/h10-14,21-23,25-27,42H,15-20H2,1-9H3,(H2,36,43)(H,37,44)(H,38,47)(H,39,48)(H,40,45)(H,41,46)/t25-,26-,27+,35-/m0/s1. The Hall–Kier alpha value is -4.20. The van der Waals surface area contributed by atoms with Gasteiger partial charge in [0, 0.05) is 6.42 Å². The number of hydrogen-bond donors (Lipinski definition) is 7. The number of ether oxygens (including phenoxy) is 1. The Kier molecular flexibility index (Phi) is 17.2. The number of nitrogens with one attached hydrogen (secondary N) is 5. The molecule has 8 N–H and O–H groups in total. The number of nitrogens with two attached hydrogens (primary N) is 1. The number of carbonyl (C=O) groups excluding carboxylic acids is 6. The Bertz CT molecular complexity index is 1270. The number of benzene rings is 1. The van der Waals surface area contributed by atoms with E-state index in [4.69, 9.17) is 10.5 Å². The Morgan fingerprint density at radius 2 is 1.41 bits per heavy atom. The van der Waals surface area contributed by atoms with Crippen molar-refractivity contribution in [3.8, 4) is 0 Å². The summed E-state index contributed by atoms with van der Waals surface area (Å²) in [5.41, 5.74) is 3.00. The third kappa shape index (κ3) is 15.3. The zero-order valence-electron chi connectivity index (χ0n) is 30.5. The highest BCUT2D eigenvalue weighted by atomic mass is 16.5. The number of rotatable bonds is 20. The maximum Gasteiger partial charge on any atom is 0.408 e. The highest BCUT2D eigenvalue weighted by Crippen LogP contribution is 2.20. The minimum atomic E-state index is -1.55. The van der Waals surface area contributed by atoms with Crippen LogP contribution in [-0.4, -0.2) is 76.5 Å². The summed E-state index contributed by atoms with van der Waals surface area (Å²) in [7, 11) is 0. The van der Waals surface area contributed by atoms with E-state index in [2.05, 4.69) is 26.6 Å². The summed E-state index contributed by atoms with van der Waals surface area (Å²) >= 11 is 0. The van der Waals surface area contributed by atoms with Gasteiger partial charge in [-0.1, -0.05) is 71.9 Å². The second-order valence-electron chi connectivity index (χ2n) is 14.5. The molecule has 0 aliphatic carbocycles. The average molecular weight is 691 g/mol. The van der Waals surface area contributed by atoms with Gasteiger partial charge in [-0.25, -0.2) is 4.79 Å². The van der Waals surface area contributed by atoms with Gasteiger partial charge in [0.05, 0.1) is 12.6 Å². The van der Waals surface area contributed by atoms with Crippen LogP contribution in [0, 0.1) is 17.8 Å². The molecule has 276 valence electrons. The molecule has 0 aliphatic rings. The van der Waals surface area contributed by atoms with Crippen LogP contribution in [0.25, 0.3) is 0 Å². The molecule has 1 rings (SSSR count). The van der Waals surface area contributed by atoms with Crippen molar-refractivity contribution >= 4 is 35.6 Å². The van der Waals surface area contributed by atoms with E-state index in [-0.39, 0.29) is 56.7 Å². The number of aliphatic hydroxyl groups excluding tert-OH is 1. The molecule has 4 atom stereocenters. The van der Waals surface area contributed by atoms with Gasteiger partial charge in [0.25, 0.3) is 0 Å². The molecule has 0 aromatic heterocycles. The molecule has 0 spiro atoms. The van der Waals surface area contributed by atoms with Crippen LogP contribution in [0.5, 0.6) is 0 Å². The lowest BCUT2D eigenvalue weighted by Crippen LogP contribution is -2.66. The largest absolute Gasteiger partial charge is 0.445 e. The fraction of sp³-hybridized carbons (Fsp3) is 0.657. The molecular weight excluding hydrogens is 632 g/mol. The summed E-state index contributed by atoms with van der Waals surface area (Å²) in [6.45, 7) is 15.2. The first-order chi connectivity index (χ1) is 22.7. The highest BCUT2D eigenvalue weighted by molar-refractivity contribution is 5.98. The normalized spacial score (nSPS) is 14.6. The Morgan fingerprint density at radius 1 is 0.796 bits per heavy atom. The molecule has 14 nitrogen and oxygen atoms in total. The molecule has 0 fully saturated rings. The maximum absolute atomic E-state index is 13.8. The van der Waals surface area contributed by atoms with Crippen LogP contribution in [0.2, 0.25) is 0 Å². The van der Waals surface area contributed by atoms with E-state index in [1.165, 1.54) is 20.8 Å². The number of primary amides is 1. The van der Waals surface area contributed by atoms with Crippen molar-refractivity contribution < 1.29 is 38.6 Å². The minimum Gasteiger partial charge on any atom is -0.445 e. The molecule has 0 bridgehead atoms. The molecule has 0 heterocycles. The number of carbonyl (C=O) groups is 6. The molecule has 6 amide bonds. The Labute approximate surface area is 290 Å². The van der Waals surface area contributed by atoms with Crippen molar-refractivity contribution in [2.45, 2.75) is 124 Å². The summed E-state index contributed by atoms with van der Waals surface area (Å²) in [4.78, 5) is 78.4. The molecule has 0 saturated carbocycles. The number of hydrogen-bond acceptors (Lipinski definition) is 8. The van der Waals surface area contributed by atoms with Crippen LogP contribution >= 0.6 is 0 Å². The highest BCUT2D eigenvalue weighted by Gasteiger charge is 2.42. The lowest BCUT2D eigenvalue weighted by molar-refractivity contribution is -0.139. The first-order valence-electron chi connectivity index (χ1n) is 16.8. The molecule has 0 unspecified atom stereocenters. The maximum atomic E-state index is 13.8. The minimum absolute atomic E-state index is 0.00745. The average Bonchev–Trinajstić information content (AvgIpc) is 2.99. The van der Waals surface area contributed by atoms with E-state index < -0.39 is 64.8 Å². The summed E-state index contributed by atoms with van der Waals surface area (Å²) in [5, 5.41) is 23.1. The molecule has 14 heteroatoms. The van der Waals surface area contributed by atoms with Crippen LogP contribution in [0.15, 0.2) is 30.3 Å². The van der Waals surface area contributed by atoms with Gasteiger partial charge in [-0.2, -0.15) is 0 Å². The van der Waals surface area contributed by atoms with E-state index in [9.17, 15) is 33.9 Å². The van der Waals surface area contributed by atoms with Gasteiger partial charge in [0.2, 0.25) is 29.5 Å². The molecule has 49 heavy (non-hydrogen) atoms. The van der Waals surface area contributed by atoms with Gasteiger partial charge in [0.1, 0.15) is 29.8 Å². The predicted octanol–water partition coefficient (Wildman–Crippen LogP) is 2.03. The van der Waals surface area contributed by atoms with Crippen molar-refractivity contribution in [1.29, 1.82) is 0 Å². The third-order valence-corrected chi connectivity index (χ3v) is 7.87. The van der Waals surface area contributed by atoms with Gasteiger partial charge in [-0.05, 0) is 63.4 Å². The van der Waals surface area contributed by atoms with Gasteiger partial charge in [0.15, 0.2) is 0 Å². The van der Waals surface area contributed by atoms with E-state index in [1.54, 1.807) is 12.1 Å². The second kappa shape index (κ2) is 19.7. The first-order valence-corrected chi connectivity index (χ1v) is 16.8. The smallest absolute Gasteiger partial charge is 0.408 e. The van der Waals surface area contributed by atoms with Gasteiger partial charge in [-0.3, -0.25) is 24.0 Å². The Morgan fingerprint density at radius 3 is 1.92 bits per heavy atom. The zero-order chi connectivity index (χ0) is 37.5. The van der Waals surface area contributed by atoms with E-state index >= 15 is 0 Å². The summed E-state index contributed by atoms with van der Waals surface area (Å²) < 4.78 is 5.29. The van der Waals surface area contributed by atoms with Crippen LogP contribution in [0.3, 0.4) is 0 Å². The van der Waals surface area contributed by atoms with Crippen LogP contribution < -0.4 is 32.3 Å². The lowest BCUT2D eigenvalue weighted by atomic mass is 9.87. The lowest BCUT2D eigenvalue weighted by Gasteiger charge is -2.36. The SMILES string of the molecule is CC(C)C[C@H](NC(=O)OCc1ccccc1)C(=O)NC(C)(C)C(=O)N[C@@](C)(CC(C)C)C(=O)N[C@@H](CCC(N)=O)C(=O)N[C@H](CO)C(C)C. The first kappa shape index (κ1) is 42.8. The predicted molar refractivity (Wildman–Crippen MR) is 185 cm³/mol. The van der Waals surface area contributed by atoms with E-state index in [0.29, 0.717) is 0 Å². The molecule has 0 saturated heterocycles. The fourth-order valence-electron chi connectivity index (χ4n) is 5.07. The van der Waals surface area contributed by atoms with Gasteiger partial charge in [-0.15, -0.1) is 0 Å². The van der Waals surface area contributed by atoms with Gasteiger partial charge >= 0.3 is 6.09 Å². The fourth-order valence-corrected chi connectivity index (χ4v) is 5.07. The summed E-state index contributed by atoms with van der Waals surface area (Å²) in [5.74, 6) is -3.47. The van der Waals surface area contributed by atoms with Crippen LogP contribution in [0.1, 0.15) is 93.6 Å². The third-order valence-electron chi connectivity index (χ3n) is 7.87. The summed E-state index contributed by atoms with van der Waals surface area (Å²) in [6.07, 6.45) is -0.660. The molecule has 0 aliphatic heterocycles. The van der Waals surface area contributed by atoms with Crippen molar-refractivity contribution in [3.63, 3.8) is 0 Å². The van der Waals surface area contributed by atoms with Crippen molar-refractivity contribution in [1.82, 2.24) is 26.6 Å². The number of alkyl carbamates (subject to hydrolysis) is 1. The number of amides is 6. The topological polar surface area (TPSA) is 218 Å². The molecule has 1 aromatic rings. The molecule has 0 radical (unpaired) electrons. The quantitative estimate of drug-likeness (QED) is 0.107. The van der Waals surface area contributed by atoms with Crippen LogP contribution in [0.4, 0.5) is 4.79 Å². The van der Waals surface area contributed by atoms with Crippen molar-refractivity contribution in [2.24, 2.45) is 23.5 Å². The monoisotopic (exact) mass is 690 g/mol. The molecule has 1 aromatic carbocycles. The Balaban J connectivity index is 3.15. The number of aliphatic hydroxyl groups is 1. The molecular formula is C35H58N6O8. The second-order valence-corrected chi connectivity index (χ2v) is 14.5. The van der Waals surface area contributed by atoms with E-state index in [0.717, 1.165) is 5.56 Å².